The second-order valence-corrected chi connectivity index (χ2v) is 11.4. The molecule has 1 unspecified atom stereocenters. The molecule has 0 spiro atoms. The van der Waals surface area contributed by atoms with Crippen molar-refractivity contribution in [3.05, 3.63) is 94.1 Å². The number of carbonyl (C=O) groups is 1. The average Bonchev–Trinajstić information content (AvgIpc) is 3.23. The number of anilines is 1. The smallest absolute Gasteiger partial charge is 0.227 e. The number of halogens is 1. The molecule has 0 amide bonds. The topological polar surface area (TPSA) is 59.8 Å². The van der Waals surface area contributed by atoms with Gasteiger partial charge in [0.15, 0.2) is 5.78 Å². The molecule has 4 aromatic rings. The number of hydrogen-bond donors (Lipinski definition) is 1. The lowest BCUT2D eigenvalue weighted by molar-refractivity contribution is -0.118. The van der Waals surface area contributed by atoms with E-state index >= 15 is 0 Å². The molecule has 0 fully saturated rings. The number of nitrogens with one attached hydrogen (secondary N) is 1. The predicted octanol–water partition coefficient (Wildman–Crippen LogP) is 7.04. The van der Waals surface area contributed by atoms with Gasteiger partial charge in [0.25, 0.3) is 0 Å². The van der Waals surface area contributed by atoms with E-state index < -0.39 is 0 Å². The van der Waals surface area contributed by atoms with Crippen LogP contribution in [0, 0.1) is 5.41 Å². The molecule has 1 aliphatic heterocycles. The maximum absolute atomic E-state index is 13.4. The normalized spacial score (nSPS) is 18.8. The number of fused-ring (bicyclic) bond motifs is 2. The summed E-state index contributed by atoms with van der Waals surface area (Å²) in [7, 11) is 0. The van der Waals surface area contributed by atoms with Gasteiger partial charge in [-0.2, -0.15) is 4.98 Å². The van der Waals surface area contributed by atoms with Crippen molar-refractivity contribution in [2.24, 2.45) is 5.41 Å². The summed E-state index contributed by atoms with van der Waals surface area (Å²) in [4.78, 5) is 18.2. The van der Waals surface area contributed by atoms with Gasteiger partial charge in [-0.05, 0) is 45.9 Å². The first kappa shape index (κ1) is 22.4. The van der Waals surface area contributed by atoms with Crippen LogP contribution in [0.25, 0.3) is 10.8 Å². The zero-order chi connectivity index (χ0) is 24.2. The molecule has 176 valence electrons. The van der Waals surface area contributed by atoms with Crippen LogP contribution in [0.4, 0.5) is 5.95 Å². The number of ketones is 1. The molecule has 35 heavy (non-hydrogen) atoms. The van der Waals surface area contributed by atoms with Gasteiger partial charge in [0.2, 0.25) is 11.1 Å². The lowest BCUT2D eigenvalue weighted by atomic mass is 9.73. The van der Waals surface area contributed by atoms with Crippen LogP contribution in [0.3, 0.4) is 0 Å². The first-order chi connectivity index (χ1) is 16.9. The average molecular weight is 501 g/mol. The van der Waals surface area contributed by atoms with Crippen molar-refractivity contribution in [3.8, 4) is 0 Å². The summed E-state index contributed by atoms with van der Waals surface area (Å²) in [5.74, 6) is 1.57. The van der Waals surface area contributed by atoms with Gasteiger partial charge >= 0.3 is 0 Å². The molecule has 2 aliphatic rings. The van der Waals surface area contributed by atoms with Crippen LogP contribution in [0.5, 0.6) is 0 Å². The Labute approximate surface area is 213 Å². The molecule has 1 N–H and O–H groups in total. The van der Waals surface area contributed by atoms with E-state index in [1.54, 1.807) is 11.8 Å². The molecule has 0 radical (unpaired) electrons. The number of Topliss-reactive ketones (excluding diaryl/α,β-unsaturated/α-hetero) is 1. The lowest BCUT2D eigenvalue weighted by Crippen LogP contribution is -2.36. The number of benzene rings is 3. The fourth-order valence-electron chi connectivity index (χ4n) is 5.20. The van der Waals surface area contributed by atoms with Crippen molar-refractivity contribution < 1.29 is 4.79 Å². The molecular weight excluding hydrogens is 476 g/mol. The Morgan fingerprint density at radius 1 is 1.09 bits per heavy atom. The van der Waals surface area contributed by atoms with Gasteiger partial charge < -0.3 is 5.32 Å². The Morgan fingerprint density at radius 3 is 2.74 bits per heavy atom. The summed E-state index contributed by atoms with van der Waals surface area (Å²) in [6.07, 6.45) is 1.30. The third kappa shape index (κ3) is 4.15. The summed E-state index contributed by atoms with van der Waals surface area (Å²) >= 11 is 7.96. The number of hydrogen-bond acceptors (Lipinski definition) is 5. The zero-order valence-electron chi connectivity index (χ0n) is 19.6. The van der Waals surface area contributed by atoms with Gasteiger partial charge in [0, 0.05) is 28.5 Å². The van der Waals surface area contributed by atoms with E-state index in [2.05, 4.69) is 61.6 Å². The number of allylic oxidation sites excluding steroid dienone is 2. The number of rotatable bonds is 4. The molecule has 5 nitrogen and oxygen atoms in total. The molecule has 1 aliphatic carbocycles. The number of aromatic nitrogens is 3. The van der Waals surface area contributed by atoms with Gasteiger partial charge in [0.05, 0.1) is 0 Å². The third-order valence-electron chi connectivity index (χ3n) is 6.71. The maximum Gasteiger partial charge on any atom is 0.227 e. The van der Waals surface area contributed by atoms with Crippen LogP contribution >= 0.6 is 23.4 Å². The fraction of sp³-hybridized carbons (Fsp3) is 0.250. The van der Waals surface area contributed by atoms with Gasteiger partial charge in [-0.3, -0.25) is 4.79 Å². The van der Waals surface area contributed by atoms with Crippen molar-refractivity contribution in [2.45, 2.75) is 43.6 Å². The van der Waals surface area contributed by atoms with Crippen LogP contribution in [-0.4, -0.2) is 20.5 Å². The Kier molecular flexibility index (Phi) is 5.46. The Bertz CT molecular complexity index is 1500. The number of thioether (sulfide) groups is 1. The quantitative estimate of drug-likeness (QED) is 0.305. The van der Waals surface area contributed by atoms with Crippen LogP contribution in [0.2, 0.25) is 5.02 Å². The van der Waals surface area contributed by atoms with Crippen molar-refractivity contribution in [1.82, 2.24) is 14.8 Å². The summed E-state index contributed by atoms with van der Waals surface area (Å²) < 4.78 is 1.85. The minimum atomic E-state index is -0.344. The number of carbonyl (C=O) groups excluding carboxylic acids is 1. The molecule has 1 atom stereocenters. The molecule has 2 heterocycles. The van der Waals surface area contributed by atoms with Crippen molar-refractivity contribution in [1.29, 1.82) is 0 Å². The Hall–Kier alpha value is -3.09. The van der Waals surface area contributed by atoms with E-state index in [1.165, 1.54) is 16.3 Å². The summed E-state index contributed by atoms with van der Waals surface area (Å²) in [6.45, 7) is 4.27. The highest BCUT2D eigenvalue weighted by molar-refractivity contribution is 7.98. The molecule has 6 rings (SSSR count). The highest BCUT2D eigenvalue weighted by Crippen LogP contribution is 2.46. The number of nitrogens with zero attached hydrogens (tertiary/aromatic N) is 3. The van der Waals surface area contributed by atoms with Crippen LogP contribution in [-0.2, 0) is 10.5 Å². The fourth-order valence-corrected chi connectivity index (χ4v) is 6.23. The Morgan fingerprint density at radius 2 is 1.89 bits per heavy atom. The molecule has 3 aromatic carbocycles. The molecule has 1 aromatic heterocycles. The predicted molar refractivity (Wildman–Crippen MR) is 142 cm³/mol. The van der Waals surface area contributed by atoms with Crippen molar-refractivity contribution in [3.63, 3.8) is 0 Å². The standard InChI is InChI=1S/C28H25ClN4OS/c1-28(2)14-22-24(23(34)15-28)25(18-9-6-11-20(29)13-18)33-26(30-22)31-27(32-33)35-16-19-10-5-8-17-7-3-4-12-21(17)19/h3-13,25H,14-16H2,1-2H3,(H,30,31,32). The Balaban J connectivity index is 1.38. The van der Waals surface area contributed by atoms with Crippen molar-refractivity contribution >= 4 is 45.9 Å². The first-order valence-electron chi connectivity index (χ1n) is 11.7. The highest BCUT2D eigenvalue weighted by Gasteiger charge is 2.41. The van der Waals surface area contributed by atoms with E-state index in [-0.39, 0.29) is 17.2 Å². The van der Waals surface area contributed by atoms with Crippen LogP contribution in [0.15, 0.2) is 83.2 Å². The van der Waals surface area contributed by atoms with E-state index in [4.69, 9.17) is 21.7 Å². The molecule has 0 saturated heterocycles. The third-order valence-corrected chi connectivity index (χ3v) is 7.84. The van der Waals surface area contributed by atoms with Crippen molar-refractivity contribution in [2.75, 3.05) is 5.32 Å². The molecule has 7 heteroatoms. The minimum absolute atomic E-state index is 0.101. The van der Waals surface area contributed by atoms with Gasteiger partial charge in [0.1, 0.15) is 6.04 Å². The monoisotopic (exact) mass is 500 g/mol. The van der Waals surface area contributed by atoms with Crippen LogP contribution in [0.1, 0.15) is 43.9 Å². The zero-order valence-corrected chi connectivity index (χ0v) is 21.2. The summed E-state index contributed by atoms with van der Waals surface area (Å²) in [5.41, 5.74) is 3.80. The van der Waals surface area contributed by atoms with Gasteiger partial charge in [-0.1, -0.05) is 91.8 Å². The van der Waals surface area contributed by atoms with Gasteiger partial charge in [-0.15, -0.1) is 5.10 Å². The minimum Gasteiger partial charge on any atom is -0.328 e. The lowest BCUT2D eigenvalue weighted by Gasteiger charge is -2.38. The maximum atomic E-state index is 13.4. The van der Waals surface area contributed by atoms with Gasteiger partial charge in [-0.25, -0.2) is 4.68 Å². The summed E-state index contributed by atoms with van der Waals surface area (Å²) in [5, 5.41) is 12.1. The van der Waals surface area contributed by atoms with Crippen LogP contribution < -0.4 is 5.32 Å². The second-order valence-electron chi connectivity index (χ2n) is 10.0. The first-order valence-corrected chi connectivity index (χ1v) is 13.1. The van der Waals surface area contributed by atoms with E-state index in [0.717, 1.165) is 29.0 Å². The SMILES string of the molecule is CC1(C)CC(=O)C2=C(C1)Nc1nc(SCc3cccc4ccccc34)nn1C2c1cccc(Cl)c1. The summed E-state index contributed by atoms with van der Waals surface area (Å²) in [6, 6.07) is 22.1. The largest absolute Gasteiger partial charge is 0.328 e. The second kappa shape index (κ2) is 8.54. The molecule has 0 bridgehead atoms. The molecular formula is C28H25ClN4OS. The highest BCUT2D eigenvalue weighted by atomic mass is 35.5. The molecule has 0 saturated carbocycles. The van der Waals surface area contributed by atoms with E-state index in [1.807, 2.05) is 28.9 Å². The van der Waals surface area contributed by atoms with E-state index in [9.17, 15) is 4.79 Å². The van der Waals surface area contributed by atoms with E-state index in [0.29, 0.717) is 22.5 Å².